The Hall–Kier alpha value is -3.72. The van der Waals surface area contributed by atoms with Crippen molar-refractivity contribution in [1.29, 1.82) is 0 Å². The zero-order chi connectivity index (χ0) is 24.1. The summed E-state index contributed by atoms with van der Waals surface area (Å²) in [6.07, 6.45) is 0. The molecular formula is C24H24N2O6S. The average molecular weight is 469 g/mol. The van der Waals surface area contributed by atoms with Gasteiger partial charge in [0, 0.05) is 18.3 Å². The summed E-state index contributed by atoms with van der Waals surface area (Å²) in [4.78, 5) is 55.1. The number of Topliss-reactive ketones (excluding diaryl/α,β-unsaturated/α-hetero) is 1. The maximum atomic E-state index is 12.8. The number of ether oxygens (including phenoxy) is 2. The summed E-state index contributed by atoms with van der Waals surface area (Å²) in [5.41, 5.74) is 1.93. The monoisotopic (exact) mass is 468 g/mol. The fraction of sp³-hybridized carbons (Fsp3) is 0.250. The molecular weight excluding hydrogens is 444 g/mol. The lowest BCUT2D eigenvalue weighted by molar-refractivity contribution is 0.0473. The molecule has 0 radical (unpaired) electrons. The predicted octanol–water partition coefficient (Wildman–Crippen LogP) is 4.19. The molecule has 1 aromatic carbocycles. The number of para-hydroxylation sites is 1. The number of amides is 1. The number of H-pyrrole nitrogens is 1. The van der Waals surface area contributed by atoms with Gasteiger partial charge in [0.05, 0.1) is 22.7 Å². The number of rotatable bonds is 8. The number of hydrogen-bond acceptors (Lipinski definition) is 7. The average Bonchev–Trinajstić information content (AvgIpc) is 3.44. The Labute approximate surface area is 195 Å². The third-order valence-corrected chi connectivity index (χ3v) is 5.91. The van der Waals surface area contributed by atoms with E-state index in [0.717, 1.165) is 0 Å². The molecule has 2 aromatic heterocycles. The van der Waals surface area contributed by atoms with E-state index < -0.39 is 24.3 Å². The highest BCUT2D eigenvalue weighted by atomic mass is 32.1. The molecule has 1 amide bonds. The minimum atomic E-state index is -0.735. The van der Waals surface area contributed by atoms with Gasteiger partial charge in [-0.05, 0) is 49.9 Å². The van der Waals surface area contributed by atoms with Gasteiger partial charge >= 0.3 is 11.9 Å². The van der Waals surface area contributed by atoms with E-state index in [-0.39, 0.29) is 29.3 Å². The Bertz CT molecular complexity index is 1200. The molecule has 0 spiro atoms. The Morgan fingerprint density at radius 3 is 2.39 bits per heavy atom. The van der Waals surface area contributed by atoms with Gasteiger partial charge in [-0.3, -0.25) is 9.59 Å². The van der Waals surface area contributed by atoms with Gasteiger partial charge in [-0.15, -0.1) is 11.3 Å². The number of thiophene rings is 1. The van der Waals surface area contributed by atoms with E-state index in [9.17, 15) is 19.2 Å². The minimum Gasteiger partial charge on any atom is -0.461 e. The number of nitrogens with zero attached hydrogens (tertiary/aromatic N) is 1. The van der Waals surface area contributed by atoms with Gasteiger partial charge in [-0.1, -0.05) is 18.2 Å². The summed E-state index contributed by atoms with van der Waals surface area (Å²) in [6.45, 7) is 4.67. The molecule has 0 unspecified atom stereocenters. The van der Waals surface area contributed by atoms with Crippen molar-refractivity contribution < 1.29 is 28.7 Å². The summed E-state index contributed by atoms with van der Waals surface area (Å²) >= 11 is 1.30. The quantitative estimate of drug-likeness (QED) is 0.393. The van der Waals surface area contributed by atoms with Gasteiger partial charge < -0.3 is 19.4 Å². The van der Waals surface area contributed by atoms with Crippen LogP contribution >= 0.6 is 11.3 Å². The molecule has 1 N–H and O–H groups in total. The topological polar surface area (TPSA) is 106 Å². The maximum absolute atomic E-state index is 12.8. The van der Waals surface area contributed by atoms with Crippen molar-refractivity contribution >= 4 is 40.7 Å². The van der Waals surface area contributed by atoms with E-state index in [0.29, 0.717) is 21.8 Å². The van der Waals surface area contributed by atoms with Gasteiger partial charge in [-0.25, -0.2) is 9.59 Å². The van der Waals surface area contributed by atoms with Crippen LogP contribution in [0.1, 0.15) is 59.1 Å². The first-order chi connectivity index (χ1) is 15.8. The normalized spacial score (nSPS) is 10.5. The van der Waals surface area contributed by atoms with Gasteiger partial charge in [0.15, 0.2) is 6.61 Å². The number of aryl methyl sites for hydroxylation is 1. The number of nitrogens with one attached hydrogen (secondary N) is 1. The van der Waals surface area contributed by atoms with Crippen molar-refractivity contribution in [3.05, 3.63) is 74.7 Å². The zero-order valence-electron chi connectivity index (χ0n) is 18.8. The van der Waals surface area contributed by atoms with Crippen LogP contribution in [0.15, 0.2) is 41.8 Å². The predicted molar refractivity (Wildman–Crippen MR) is 124 cm³/mol. The number of aromatic amines is 1. The Kier molecular flexibility index (Phi) is 7.44. The number of carbonyl (C=O) groups excluding carboxylic acids is 4. The third-order valence-electron chi connectivity index (χ3n) is 5.05. The first kappa shape index (κ1) is 23.9. The standard InChI is InChI=1S/C24H24N2O6S/c1-5-31-24(30)21-14(2)20(15(3)25-21)18(27)13-32-23(29)16-9-6-7-10-17(16)26(4)22(28)19-11-8-12-33-19/h6-12,25H,5,13H2,1-4H3. The van der Waals surface area contributed by atoms with E-state index in [2.05, 4.69) is 4.98 Å². The van der Waals surface area contributed by atoms with Gasteiger partial charge in [0.1, 0.15) is 5.69 Å². The molecule has 3 rings (SSSR count). The highest BCUT2D eigenvalue weighted by Crippen LogP contribution is 2.24. The van der Waals surface area contributed by atoms with Crippen molar-refractivity contribution in [3.63, 3.8) is 0 Å². The van der Waals surface area contributed by atoms with Crippen LogP contribution in [0.4, 0.5) is 5.69 Å². The number of ketones is 1. The van der Waals surface area contributed by atoms with Crippen LogP contribution in [0.25, 0.3) is 0 Å². The number of esters is 2. The number of hydrogen-bond donors (Lipinski definition) is 1. The molecule has 0 aliphatic carbocycles. The number of aromatic nitrogens is 1. The summed E-state index contributed by atoms with van der Waals surface area (Å²) in [5.74, 6) is -2.00. The van der Waals surface area contributed by atoms with E-state index in [1.54, 1.807) is 63.5 Å². The van der Waals surface area contributed by atoms with E-state index in [1.807, 2.05) is 0 Å². The molecule has 0 aliphatic heterocycles. The number of benzene rings is 1. The van der Waals surface area contributed by atoms with Crippen molar-refractivity contribution in [2.24, 2.45) is 0 Å². The van der Waals surface area contributed by atoms with E-state index >= 15 is 0 Å². The van der Waals surface area contributed by atoms with E-state index in [1.165, 1.54) is 22.3 Å². The van der Waals surface area contributed by atoms with Gasteiger partial charge in [-0.2, -0.15) is 0 Å². The fourth-order valence-electron chi connectivity index (χ4n) is 3.47. The zero-order valence-corrected chi connectivity index (χ0v) is 19.6. The van der Waals surface area contributed by atoms with E-state index in [4.69, 9.17) is 9.47 Å². The molecule has 9 heteroatoms. The minimum absolute atomic E-state index is 0.160. The molecule has 0 aliphatic rings. The van der Waals surface area contributed by atoms with Crippen molar-refractivity contribution in [3.8, 4) is 0 Å². The van der Waals surface area contributed by atoms with Crippen molar-refractivity contribution in [1.82, 2.24) is 4.98 Å². The molecule has 0 bridgehead atoms. The van der Waals surface area contributed by atoms with Crippen molar-refractivity contribution in [2.75, 3.05) is 25.2 Å². The highest BCUT2D eigenvalue weighted by molar-refractivity contribution is 7.12. The SMILES string of the molecule is CCOC(=O)c1[nH]c(C)c(C(=O)COC(=O)c2ccccc2N(C)C(=O)c2cccs2)c1C. The van der Waals surface area contributed by atoms with Crippen LogP contribution in [-0.4, -0.2) is 48.9 Å². The fourth-order valence-corrected chi connectivity index (χ4v) is 4.17. The summed E-state index contributed by atoms with van der Waals surface area (Å²) in [7, 11) is 1.57. The largest absolute Gasteiger partial charge is 0.461 e. The van der Waals surface area contributed by atoms with Crippen LogP contribution in [0.5, 0.6) is 0 Å². The first-order valence-corrected chi connectivity index (χ1v) is 11.1. The van der Waals surface area contributed by atoms with Crippen molar-refractivity contribution in [2.45, 2.75) is 20.8 Å². The summed E-state index contributed by atoms with van der Waals surface area (Å²) < 4.78 is 10.3. The smallest absolute Gasteiger partial charge is 0.355 e. The Balaban J connectivity index is 1.75. The Morgan fingerprint density at radius 2 is 1.73 bits per heavy atom. The van der Waals surface area contributed by atoms with Crippen LogP contribution < -0.4 is 4.90 Å². The maximum Gasteiger partial charge on any atom is 0.355 e. The van der Waals surface area contributed by atoms with Crippen LogP contribution in [0.3, 0.4) is 0 Å². The summed E-state index contributed by atoms with van der Waals surface area (Å²) in [5, 5.41) is 1.80. The van der Waals surface area contributed by atoms with Crippen LogP contribution in [-0.2, 0) is 9.47 Å². The lowest BCUT2D eigenvalue weighted by Gasteiger charge is -2.19. The lowest BCUT2D eigenvalue weighted by Crippen LogP contribution is -2.27. The molecule has 0 saturated carbocycles. The second-order valence-corrected chi connectivity index (χ2v) is 8.15. The summed E-state index contributed by atoms with van der Waals surface area (Å²) in [6, 6.07) is 10.0. The Morgan fingerprint density at radius 1 is 1.00 bits per heavy atom. The molecule has 2 heterocycles. The number of anilines is 1. The third kappa shape index (κ3) is 5.04. The second kappa shape index (κ2) is 10.3. The van der Waals surface area contributed by atoms with Crippen LogP contribution in [0.2, 0.25) is 0 Å². The molecule has 0 saturated heterocycles. The molecule has 8 nitrogen and oxygen atoms in total. The molecule has 3 aromatic rings. The molecule has 172 valence electrons. The molecule has 33 heavy (non-hydrogen) atoms. The highest BCUT2D eigenvalue weighted by Gasteiger charge is 2.25. The van der Waals surface area contributed by atoms with Gasteiger partial charge in [0.2, 0.25) is 5.78 Å². The van der Waals surface area contributed by atoms with Gasteiger partial charge in [0.25, 0.3) is 5.91 Å². The molecule has 0 fully saturated rings. The second-order valence-electron chi connectivity index (χ2n) is 7.20. The lowest BCUT2D eigenvalue weighted by atomic mass is 10.1. The van der Waals surface area contributed by atoms with Crippen LogP contribution in [0, 0.1) is 13.8 Å². The number of carbonyl (C=O) groups is 4. The molecule has 0 atom stereocenters. The first-order valence-electron chi connectivity index (χ1n) is 10.2.